The molecule has 0 aromatic heterocycles. The minimum Gasteiger partial charge on any atom is -0.368 e. The van der Waals surface area contributed by atoms with E-state index in [1.165, 1.54) is 0 Å². The zero-order valence-electron chi connectivity index (χ0n) is 10.0. The van der Waals surface area contributed by atoms with Crippen molar-refractivity contribution in [3.8, 4) is 0 Å². The predicted octanol–water partition coefficient (Wildman–Crippen LogP) is -0.149. The number of carbonyl (C=O) groups is 2. The Balaban J connectivity index is 2.49. The number of nitrogens with zero attached hydrogens (tertiary/aromatic N) is 1. The van der Waals surface area contributed by atoms with E-state index in [1.807, 2.05) is 13.8 Å². The smallest absolute Gasteiger partial charge is 0.237 e. The van der Waals surface area contributed by atoms with Crippen LogP contribution in [-0.2, 0) is 9.59 Å². The lowest BCUT2D eigenvalue weighted by atomic mass is 10.1. The molecule has 1 unspecified atom stereocenters. The van der Waals surface area contributed by atoms with Crippen molar-refractivity contribution >= 4 is 11.8 Å². The maximum Gasteiger partial charge on any atom is 0.237 e. The molecule has 2 amide bonds. The second-order valence-electron chi connectivity index (χ2n) is 4.58. The van der Waals surface area contributed by atoms with Crippen LogP contribution in [0.5, 0.6) is 0 Å². The average molecular weight is 227 g/mol. The molecular weight excluding hydrogens is 206 g/mol. The predicted molar refractivity (Wildman–Crippen MR) is 61.7 cm³/mol. The van der Waals surface area contributed by atoms with Gasteiger partial charge in [0.2, 0.25) is 11.8 Å². The van der Waals surface area contributed by atoms with E-state index >= 15 is 0 Å². The van der Waals surface area contributed by atoms with Gasteiger partial charge in [0.1, 0.15) is 0 Å². The molecule has 16 heavy (non-hydrogen) atoms. The highest BCUT2D eigenvalue weighted by atomic mass is 16.2. The summed E-state index contributed by atoms with van der Waals surface area (Å²) >= 11 is 0. The summed E-state index contributed by atoms with van der Waals surface area (Å²) in [6.45, 7) is 4.78. The fraction of sp³-hybridized carbons (Fsp3) is 0.818. The van der Waals surface area contributed by atoms with E-state index in [4.69, 9.17) is 5.73 Å². The quantitative estimate of drug-likeness (QED) is 0.686. The van der Waals surface area contributed by atoms with Crippen LogP contribution in [0.15, 0.2) is 0 Å². The Labute approximate surface area is 96.4 Å². The lowest BCUT2D eigenvalue weighted by molar-refractivity contribution is -0.137. The highest BCUT2D eigenvalue weighted by molar-refractivity contribution is 5.84. The van der Waals surface area contributed by atoms with Gasteiger partial charge in [-0.1, -0.05) is 0 Å². The first-order chi connectivity index (χ1) is 7.50. The van der Waals surface area contributed by atoms with E-state index in [2.05, 4.69) is 5.32 Å². The summed E-state index contributed by atoms with van der Waals surface area (Å²) in [6, 6.07) is 0.281. The molecule has 0 aromatic rings. The molecule has 5 heteroatoms. The molecule has 0 radical (unpaired) electrons. The van der Waals surface area contributed by atoms with Gasteiger partial charge in [-0.15, -0.1) is 0 Å². The standard InChI is InChI=1S/C11H21N3O2/c1-8(2)14(7-10(12)15)11(16)6-9-4-3-5-13-9/h8-9,13H,3-7H2,1-2H3,(H2,12,15). The van der Waals surface area contributed by atoms with Crippen LogP contribution in [0.1, 0.15) is 33.1 Å². The normalized spacial score (nSPS) is 20.1. The van der Waals surface area contributed by atoms with E-state index < -0.39 is 5.91 Å². The first kappa shape index (κ1) is 13.0. The third-order valence-corrected chi connectivity index (χ3v) is 2.85. The Morgan fingerprint density at radius 2 is 2.19 bits per heavy atom. The van der Waals surface area contributed by atoms with Crippen LogP contribution in [0.3, 0.4) is 0 Å². The third-order valence-electron chi connectivity index (χ3n) is 2.85. The van der Waals surface area contributed by atoms with Crippen molar-refractivity contribution in [2.75, 3.05) is 13.1 Å². The Bertz CT molecular complexity index is 260. The first-order valence-corrected chi connectivity index (χ1v) is 5.82. The fourth-order valence-electron chi connectivity index (χ4n) is 1.99. The van der Waals surface area contributed by atoms with Crippen molar-refractivity contribution in [2.45, 2.75) is 45.2 Å². The van der Waals surface area contributed by atoms with Crippen molar-refractivity contribution in [1.29, 1.82) is 0 Å². The summed E-state index contributed by atoms with van der Waals surface area (Å²) in [5.41, 5.74) is 5.13. The van der Waals surface area contributed by atoms with Gasteiger partial charge in [0, 0.05) is 18.5 Å². The van der Waals surface area contributed by atoms with Crippen LogP contribution in [0.25, 0.3) is 0 Å². The molecule has 1 saturated heterocycles. The molecule has 92 valence electrons. The van der Waals surface area contributed by atoms with Crippen molar-refractivity contribution < 1.29 is 9.59 Å². The number of hydrogen-bond donors (Lipinski definition) is 2. The van der Waals surface area contributed by atoms with E-state index in [9.17, 15) is 9.59 Å². The van der Waals surface area contributed by atoms with Gasteiger partial charge in [-0.05, 0) is 33.2 Å². The Morgan fingerprint density at radius 3 is 2.62 bits per heavy atom. The van der Waals surface area contributed by atoms with Crippen LogP contribution in [0.2, 0.25) is 0 Å². The number of primary amides is 1. The van der Waals surface area contributed by atoms with Gasteiger partial charge in [0.15, 0.2) is 0 Å². The van der Waals surface area contributed by atoms with Crippen molar-refractivity contribution in [2.24, 2.45) is 5.73 Å². The Morgan fingerprint density at radius 1 is 1.50 bits per heavy atom. The molecule has 1 heterocycles. The van der Waals surface area contributed by atoms with Crippen molar-refractivity contribution in [3.05, 3.63) is 0 Å². The van der Waals surface area contributed by atoms with Gasteiger partial charge in [-0.2, -0.15) is 0 Å². The molecule has 1 rings (SSSR count). The third kappa shape index (κ3) is 3.81. The summed E-state index contributed by atoms with van der Waals surface area (Å²) in [7, 11) is 0. The maximum atomic E-state index is 12.0. The van der Waals surface area contributed by atoms with E-state index in [1.54, 1.807) is 4.90 Å². The highest BCUT2D eigenvalue weighted by Gasteiger charge is 2.24. The highest BCUT2D eigenvalue weighted by Crippen LogP contribution is 2.11. The number of rotatable bonds is 5. The maximum absolute atomic E-state index is 12.0. The van der Waals surface area contributed by atoms with E-state index in [0.29, 0.717) is 6.42 Å². The molecule has 1 aliphatic heterocycles. The topological polar surface area (TPSA) is 75.4 Å². The van der Waals surface area contributed by atoms with Crippen molar-refractivity contribution in [3.63, 3.8) is 0 Å². The zero-order valence-corrected chi connectivity index (χ0v) is 10.0. The second-order valence-corrected chi connectivity index (χ2v) is 4.58. The molecule has 5 nitrogen and oxygen atoms in total. The molecule has 0 aliphatic carbocycles. The van der Waals surface area contributed by atoms with Crippen LogP contribution in [0, 0.1) is 0 Å². The van der Waals surface area contributed by atoms with Gasteiger partial charge in [-0.3, -0.25) is 9.59 Å². The molecule has 0 spiro atoms. The molecular formula is C11H21N3O2. The lowest BCUT2D eigenvalue weighted by Crippen LogP contribution is -2.44. The molecule has 3 N–H and O–H groups in total. The summed E-state index contributed by atoms with van der Waals surface area (Å²) in [5, 5.41) is 3.27. The number of carbonyl (C=O) groups excluding carboxylic acids is 2. The zero-order chi connectivity index (χ0) is 12.1. The van der Waals surface area contributed by atoms with Gasteiger partial charge >= 0.3 is 0 Å². The van der Waals surface area contributed by atoms with Crippen molar-refractivity contribution in [1.82, 2.24) is 10.2 Å². The molecule has 0 aromatic carbocycles. The summed E-state index contributed by atoms with van der Waals surface area (Å²) in [5.74, 6) is -0.449. The van der Waals surface area contributed by atoms with Gasteiger partial charge < -0.3 is 16.0 Å². The molecule has 0 bridgehead atoms. The fourth-order valence-corrected chi connectivity index (χ4v) is 1.99. The largest absolute Gasteiger partial charge is 0.368 e. The van der Waals surface area contributed by atoms with Crippen LogP contribution in [0.4, 0.5) is 0 Å². The minimum absolute atomic E-state index is 0.00759. The lowest BCUT2D eigenvalue weighted by Gasteiger charge is -2.26. The van der Waals surface area contributed by atoms with E-state index in [0.717, 1.165) is 19.4 Å². The Kier molecular flexibility index (Phi) is 4.73. The molecule has 0 saturated carbocycles. The monoisotopic (exact) mass is 227 g/mol. The summed E-state index contributed by atoms with van der Waals surface area (Å²) < 4.78 is 0. The van der Waals surface area contributed by atoms with Gasteiger partial charge in [0.25, 0.3) is 0 Å². The number of amides is 2. The second kappa shape index (κ2) is 5.84. The van der Waals surface area contributed by atoms with Gasteiger partial charge in [0.05, 0.1) is 6.54 Å². The average Bonchev–Trinajstić information content (AvgIpc) is 2.65. The Hall–Kier alpha value is -1.10. The van der Waals surface area contributed by atoms with Gasteiger partial charge in [-0.25, -0.2) is 0 Å². The number of nitrogens with two attached hydrogens (primary N) is 1. The van der Waals surface area contributed by atoms with Crippen LogP contribution in [-0.4, -0.2) is 41.9 Å². The summed E-state index contributed by atoms with van der Waals surface area (Å²) in [6.07, 6.45) is 2.62. The SMILES string of the molecule is CC(C)N(CC(N)=O)C(=O)CC1CCCN1. The van der Waals surface area contributed by atoms with E-state index in [-0.39, 0.29) is 24.5 Å². The molecule has 1 aliphatic rings. The molecule has 1 atom stereocenters. The van der Waals surface area contributed by atoms with Crippen LogP contribution >= 0.6 is 0 Å². The number of hydrogen-bond acceptors (Lipinski definition) is 3. The van der Waals surface area contributed by atoms with Crippen LogP contribution < -0.4 is 11.1 Å². The summed E-state index contributed by atoms with van der Waals surface area (Å²) in [4.78, 5) is 24.4. The molecule has 1 fully saturated rings. The minimum atomic E-state index is -0.457. The number of nitrogens with one attached hydrogen (secondary N) is 1. The first-order valence-electron chi connectivity index (χ1n) is 5.82.